The first-order valence-electron chi connectivity index (χ1n) is 3.80. The highest BCUT2D eigenvalue weighted by Crippen LogP contribution is 2.26. The molecule has 0 saturated carbocycles. The zero-order valence-electron chi connectivity index (χ0n) is 6.46. The quantitative estimate of drug-likeness (QED) is 0.711. The van der Waals surface area contributed by atoms with Crippen molar-refractivity contribution in [1.82, 2.24) is 0 Å². The highest BCUT2D eigenvalue weighted by molar-refractivity contribution is 9.10. The standard InChI is InChI=1S/C10H8BrO/c11-9-5-3-8(4-6-9)10-2-1-7-12-10/h1,3-7H,2H2. The predicted molar refractivity (Wildman–Crippen MR) is 51.3 cm³/mol. The van der Waals surface area contributed by atoms with E-state index in [1.807, 2.05) is 30.3 Å². The molecule has 1 nitrogen and oxygen atoms in total. The Morgan fingerprint density at radius 3 is 2.50 bits per heavy atom. The lowest BCUT2D eigenvalue weighted by atomic mass is 10.1. The average Bonchev–Trinajstić information content (AvgIpc) is 2.58. The zero-order chi connectivity index (χ0) is 8.39. The van der Waals surface area contributed by atoms with Gasteiger partial charge in [-0.05, 0) is 18.2 Å². The summed E-state index contributed by atoms with van der Waals surface area (Å²) in [6.45, 7) is 0. The Morgan fingerprint density at radius 1 is 1.17 bits per heavy atom. The van der Waals surface area contributed by atoms with Crippen LogP contribution in [0.5, 0.6) is 0 Å². The van der Waals surface area contributed by atoms with Crippen LogP contribution in [0.4, 0.5) is 0 Å². The first-order valence-corrected chi connectivity index (χ1v) is 4.59. The van der Waals surface area contributed by atoms with Gasteiger partial charge in [0.15, 0.2) is 6.10 Å². The van der Waals surface area contributed by atoms with Crippen molar-refractivity contribution in [1.29, 1.82) is 0 Å². The lowest BCUT2D eigenvalue weighted by Crippen LogP contribution is -1.95. The Labute approximate surface area is 80.2 Å². The molecule has 1 heterocycles. The van der Waals surface area contributed by atoms with Gasteiger partial charge in [-0.25, -0.2) is 0 Å². The van der Waals surface area contributed by atoms with E-state index in [0.29, 0.717) is 0 Å². The molecule has 0 saturated heterocycles. The number of benzene rings is 1. The maximum absolute atomic E-state index is 5.30. The molecule has 0 aromatic heterocycles. The van der Waals surface area contributed by atoms with Gasteiger partial charge >= 0.3 is 0 Å². The van der Waals surface area contributed by atoms with E-state index in [0.717, 1.165) is 22.6 Å². The van der Waals surface area contributed by atoms with Gasteiger partial charge < -0.3 is 4.74 Å². The second-order valence-electron chi connectivity index (χ2n) is 2.62. The van der Waals surface area contributed by atoms with Crippen molar-refractivity contribution in [2.75, 3.05) is 0 Å². The van der Waals surface area contributed by atoms with E-state index in [-0.39, 0.29) is 0 Å². The van der Waals surface area contributed by atoms with Crippen LogP contribution in [0.1, 0.15) is 12.0 Å². The molecule has 0 amide bonds. The molecule has 1 aromatic rings. The molecule has 0 N–H and O–H groups in total. The van der Waals surface area contributed by atoms with Crippen LogP contribution in [0.25, 0.3) is 0 Å². The fraction of sp³-hybridized carbons (Fsp3) is 0.100. The largest absolute Gasteiger partial charge is 0.486 e. The van der Waals surface area contributed by atoms with Crippen LogP contribution >= 0.6 is 15.9 Å². The fourth-order valence-corrected chi connectivity index (χ4v) is 1.42. The topological polar surface area (TPSA) is 9.23 Å². The highest BCUT2D eigenvalue weighted by atomic mass is 79.9. The summed E-state index contributed by atoms with van der Waals surface area (Å²) in [5.74, 6) is 0. The van der Waals surface area contributed by atoms with E-state index in [9.17, 15) is 0 Å². The second kappa shape index (κ2) is 3.31. The fourth-order valence-electron chi connectivity index (χ4n) is 1.16. The Hall–Kier alpha value is -0.760. The van der Waals surface area contributed by atoms with Gasteiger partial charge in [-0.1, -0.05) is 28.1 Å². The van der Waals surface area contributed by atoms with Crippen molar-refractivity contribution in [3.63, 3.8) is 0 Å². The molecular formula is C10H8BrO. The Balaban J connectivity index is 2.18. The molecular weight excluding hydrogens is 216 g/mol. The van der Waals surface area contributed by atoms with Crippen molar-refractivity contribution in [2.45, 2.75) is 6.42 Å². The Morgan fingerprint density at radius 2 is 1.92 bits per heavy atom. The molecule has 2 rings (SSSR count). The van der Waals surface area contributed by atoms with Crippen LogP contribution in [-0.2, 0) is 4.74 Å². The third-order valence-corrected chi connectivity index (χ3v) is 2.30. The lowest BCUT2D eigenvalue weighted by Gasteiger charge is -2.07. The summed E-state index contributed by atoms with van der Waals surface area (Å²) in [4.78, 5) is 0. The third kappa shape index (κ3) is 1.53. The molecule has 1 radical (unpaired) electrons. The van der Waals surface area contributed by atoms with Crippen molar-refractivity contribution >= 4 is 15.9 Å². The van der Waals surface area contributed by atoms with Gasteiger partial charge in [-0.3, -0.25) is 0 Å². The predicted octanol–water partition coefficient (Wildman–Crippen LogP) is 3.26. The first-order chi connectivity index (χ1) is 5.86. The van der Waals surface area contributed by atoms with Crippen LogP contribution in [0.3, 0.4) is 0 Å². The van der Waals surface area contributed by atoms with Crippen LogP contribution in [-0.4, -0.2) is 0 Å². The first kappa shape index (κ1) is 7.87. The van der Waals surface area contributed by atoms with Gasteiger partial charge in [0, 0.05) is 16.5 Å². The molecule has 1 aliphatic heterocycles. The van der Waals surface area contributed by atoms with E-state index in [1.165, 1.54) is 0 Å². The van der Waals surface area contributed by atoms with Crippen LogP contribution in [0, 0.1) is 6.10 Å². The number of rotatable bonds is 1. The van der Waals surface area contributed by atoms with Crippen molar-refractivity contribution in [2.24, 2.45) is 0 Å². The van der Waals surface area contributed by atoms with E-state index < -0.39 is 0 Å². The molecule has 0 aliphatic carbocycles. The molecule has 1 aliphatic rings. The minimum absolute atomic E-state index is 0.904. The van der Waals surface area contributed by atoms with Gasteiger partial charge in [0.1, 0.15) is 0 Å². The Kier molecular flexibility index (Phi) is 2.17. The maximum Gasteiger partial charge on any atom is 0.180 e. The van der Waals surface area contributed by atoms with Crippen molar-refractivity contribution in [3.05, 3.63) is 52.7 Å². The average molecular weight is 224 g/mol. The minimum atomic E-state index is 0.904. The van der Waals surface area contributed by atoms with Gasteiger partial charge in [-0.2, -0.15) is 0 Å². The minimum Gasteiger partial charge on any atom is -0.486 e. The van der Waals surface area contributed by atoms with E-state index >= 15 is 0 Å². The zero-order valence-corrected chi connectivity index (χ0v) is 8.04. The second-order valence-corrected chi connectivity index (χ2v) is 3.54. The van der Waals surface area contributed by atoms with Crippen LogP contribution < -0.4 is 0 Å². The van der Waals surface area contributed by atoms with Gasteiger partial charge in [0.25, 0.3) is 0 Å². The summed E-state index contributed by atoms with van der Waals surface area (Å²) in [6.07, 6.45) is 5.68. The molecule has 0 spiro atoms. The van der Waals surface area contributed by atoms with Crippen molar-refractivity contribution in [3.8, 4) is 0 Å². The van der Waals surface area contributed by atoms with E-state index in [1.54, 1.807) is 6.26 Å². The molecule has 0 unspecified atom stereocenters. The molecule has 1 aromatic carbocycles. The smallest absolute Gasteiger partial charge is 0.180 e. The molecule has 12 heavy (non-hydrogen) atoms. The molecule has 61 valence electrons. The maximum atomic E-state index is 5.30. The van der Waals surface area contributed by atoms with E-state index in [2.05, 4.69) is 15.9 Å². The normalized spacial score (nSPS) is 16.4. The Bertz CT molecular complexity index is 281. The number of hydrogen-bond acceptors (Lipinski definition) is 1. The van der Waals surface area contributed by atoms with E-state index in [4.69, 9.17) is 4.74 Å². The summed E-state index contributed by atoms with van der Waals surface area (Å²) >= 11 is 3.39. The summed E-state index contributed by atoms with van der Waals surface area (Å²) in [5, 5.41) is 0. The molecule has 0 fully saturated rings. The number of hydrogen-bond donors (Lipinski definition) is 0. The summed E-state index contributed by atoms with van der Waals surface area (Å²) in [6, 6.07) is 8.13. The SMILES string of the molecule is Brc1ccc([C]2CC=CO2)cc1. The van der Waals surface area contributed by atoms with Gasteiger partial charge in [0.2, 0.25) is 0 Å². The van der Waals surface area contributed by atoms with Crippen LogP contribution in [0.15, 0.2) is 41.1 Å². The lowest BCUT2D eigenvalue weighted by molar-refractivity contribution is 0.303. The summed E-state index contributed by atoms with van der Waals surface area (Å²) in [7, 11) is 0. The summed E-state index contributed by atoms with van der Waals surface area (Å²) < 4.78 is 6.39. The number of halogens is 1. The van der Waals surface area contributed by atoms with Gasteiger partial charge in [-0.15, -0.1) is 0 Å². The third-order valence-electron chi connectivity index (χ3n) is 1.78. The summed E-state index contributed by atoms with van der Waals surface area (Å²) in [5.41, 5.74) is 1.16. The van der Waals surface area contributed by atoms with Gasteiger partial charge in [0.05, 0.1) is 6.26 Å². The van der Waals surface area contributed by atoms with Crippen molar-refractivity contribution < 1.29 is 4.74 Å². The highest BCUT2D eigenvalue weighted by Gasteiger charge is 2.14. The van der Waals surface area contributed by atoms with Crippen LogP contribution in [0.2, 0.25) is 0 Å². The molecule has 2 heteroatoms. The molecule has 0 bridgehead atoms. The molecule has 0 atom stereocenters. The monoisotopic (exact) mass is 223 g/mol. The number of ether oxygens (including phenoxy) is 1.